The second-order valence-corrected chi connectivity index (χ2v) is 10.7. The first-order valence-corrected chi connectivity index (χ1v) is 12.0. The number of hydrogen-bond donors (Lipinski definition) is 2. The van der Waals surface area contributed by atoms with E-state index in [2.05, 4.69) is 15.5 Å². The SMILES string of the molecule is Cc1ccc2c(c1)CCC2NS(=O)(=O)c1cccc(S(=O)(=O)NC2CC2)c1. The average Bonchev–Trinajstić information content (AvgIpc) is 3.34. The van der Waals surface area contributed by atoms with Crippen molar-refractivity contribution >= 4 is 20.0 Å². The van der Waals surface area contributed by atoms with Crippen molar-refractivity contribution in [2.24, 2.45) is 0 Å². The van der Waals surface area contributed by atoms with Crippen molar-refractivity contribution in [1.82, 2.24) is 9.44 Å². The van der Waals surface area contributed by atoms with Gasteiger partial charge in [-0.15, -0.1) is 0 Å². The summed E-state index contributed by atoms with van der Waals surface area (Å²) in [5, 5.41) is 0. The fourth-order valence-electron chi connectivity index (χ4n) is 3.42. The maximum atomic E-state index is 12.9. The van der Waals surface area contributed by atoms with Gasteiger partial charge in [0.25, 0.3) is 0 Å². The Bertz CT molecular complexity index is 1090. The smallest absolute Gasteiger partial charge is 0.208 e. The molecular weight excluding hydrogens is 384 g/mol. The molecule has 2 aliphatic carbocycles. The predicted octanol–water partition coefficient (Wildman–Crippen LogP) is 2.40. The highest BCUT2D eigenvalue weighted by Gasteiger charge is 2.30. The molecule has 144 valence electrons. The van der Waals surface area contributed by atoms with Gasteiger partial charge >= 0.3 is 0 Å². The number of fused-ring (bicyclic) bond motifs is 1. The molecule has 0 bridgehead atoms. The lowest BCUT2D eigenvalue weighted by atomic mass is 10.1. The van der Waals surface area contributed by atoms with E-state index in [-0.39, 0.29) is 21.9 Å². The van der Waals surface area contributed by atoms with Crippen LogP contribution in [-0.4, -0.2) is 22.9 Å². The average molecular weight is 407 g/mol. The molecule has 0 aromatic heterocycles. The van der Waals surface area contributed by atoms with Crippen LogP contribution in [0, 0.1) is 6.92 Å². The van der Waals surface area contributed by atoms with E-state index in [4.69, 9.17) is 0 Å². The maximum absolute atomic E-state index is 12.9. The highest BCUT2D eigenvalue weighted by atomic mass is 32.2. The first-order chi connectivity index (χ1) is 12.7. The summed E-state index contributed by atoms with van der Waals surface area (Å²) < 4.78 is 55.8. The van der Waals surface area contributed by atoms with Gasteiger partial charge in [0, 0.05) is 12.1 Å². The van der Waals surface area contributed by atoms with Gasteiger partial charge in [-0.25, -0.2) is 26.3 Å². The molecule has 1 unspecified atom stereocenters. The van der Waals surface area contributed by atoms with Crippen LogP contribution in [0.4, 0.5) is 0 Å². The van der Waals surface area contributed by atoms with Crippen LogP contribution in [0.3, 0.4) is 0 Å². The second kappa shape index (κ2) is 6.70. The molecule has 2 aliphatic rings. The first kappa shape index (κ1) is 18.6. The monoisotopic (exact) mass is 406 g/mol. The molecule has 4 rings (SSSR count). The van der Waals surface area contributed by atoms with Crippen LogP contribution in [0.1, 0.15) is 42.0 Å². The van der Waals surface area contributed by atoms with Crippen molar-refractivity contribution in [2.75, 3.05) is 0 Å². The Hall–Kier alpha value is -1.74. The maximum Gasteiger partial charge on any atom is 0.241 e. The summed E-state index contributed by atoms with van der Waals surface area (Å²) in [5.41, 5.74) is 3.30. The van der Waals surface area contributed by atoms with Gasteiger partial charge in [0.1, 0.15) is 0 Å². The van der Waals surface area contributed by atoms with Crippen LogP contribution < -0.4 is 9.44 Å². The third-order valence-corrected chi connectivity index (χ3v) is 7.99. The van der Waals surface area contributed by atoms with E-state index in [9.17, 15) is 16.8 Å². The quantitative estimate of drug-likeness (QED) is 0.770. The summed E-state index contributed by atoms with van der Waals surface area (Å²) in [6.07, 6.45) is 3.15. The highest BCUT2D eigenvalue weighted by Crippen LogP contribution is 2.33. The standard InChI is InChI=1S/C19H22N2O4S2/c1-13-5-9-18-14(11-13)6-10-19(18)21-27(24,25)17-4-2-3-16(12-17)26(22,23)20-15-7-8-15/h2-5,9,11-12,15,19-21H,6-8,10H2,1H3. The Labute approximate surface area is 160 Å². The zero-order valence-corrected chi connectivity index (χ0v) is 16.6. The minimum atomic E-state index is -3.83. The lowest BCUT2D eigenvalue weighted by Gasteiger charge is -2.15. The molecule has 0 amide bonds. The molecule has 2 N–H and O–H groups in total. The van der Waals surface area contributed by atoms with Crippen LogP contribution >= 0.6 is 0 Å². The molecule has 0 radical (unpaired) electrons. The lowest BCUT2D eigenvalue weighted by molar-refractivity contribution is 0.554. The van der Waals surface area contributed by atoms with Gasteiger partial charge in [-0.05, 0) is 61.9 Å². The topological polar surface area (TPSA) is 92.3 Å². The van der Waals surface area contributed by atoms with E-state index in [1.54, 1.807) is 0 Å². The molecule has 1 fully saturated rings. The van der Waals surface area contributed by atoms with Crippen LogP contribution in [0.2, 0.25) is 0 Å². The van der Waals surface area contributed by atoms with Crippen molar-refractivity contribution in [3.63, 3.8) is 0 Å². The summed E-state index contributed by atoms with van der Waals surface area (Å²) in [6.45, 7) is 2.01. The number of hydrogen-bond acceptors (Lipinski definition) is 4. The summed E-state index contributed by atoms with van der Waals surface area (Å²) in [6, 6.07) is 11.2. The van der Waals surface area contributed by atoms with Gasteiger partial charge in [-0.1, -0.05) is 29.8 Å². The first-order valence-electron chi connectivity index (χ1n) is 8.99. The van der Waals surface area contributed by atoms with Gasteiger partial charge in [0.05, 0.1) is 9.79 Å². The third-order valence-electron chi connectivity index (χ3n) is 5.00. The molecule has 0 saturated heterocycles. The predicted molar refractivity (Wildman–Crippen MR) is 102 cm³/mol. The van der Waals surface area contributed by atoms with Gasteiger partial charge in [-0.2, -0.15) is 0 Å². The largest absolute Gasteiger partial charge is 0.241 e. The zero-order chi connectivity index (χ0) is 19.2. The van der Waals surface area contributed by atoms with E-state index >= 15 is 0 Å². The Balaban J connectivity index is 1.59. The number of sulfonamides is 2. The minimum absolute atomic E-state index is 0.0280. The van der Waals surface area contributed by atoms with Crippen LogP contribution in [0.25, 0.3) is 0 Å². The third kappa shape index (κ3) is 3.94. The molecule has 0 heterocycles. The molecule has 6 nitrogen and oxygen atoms in total. The van der Waals surface area contributed by atoms with E-state index in [1.807, 2.05) is 19.1 Å². The van der Waals surface area contributed by atoms with Crippen molar-refractivity contribution < 1.29 is 16.8 Å². The summed E-state index contributed by atoms with van der Waals surface area (Å²) in [4.78, 5) is -0.0681. The Morgan fingerprint density at radius 3 is 2.19 bits per heavy atom. The summed E-state index contributed by atoms with van der Waals surface area (Å²) >= 11 is 0. The van der Waals surface area contributed by atoms with E-state index in [0.29, 0.717) is 6.42 Å². The molecule has 0 aliphatic heterocycles. The minimum Gasteiger partial charge on any atom is -0.208 e. The van der Waals surface area contributed by atoms with E-state index < -0.39 is 20.0 Å². The molecule has 27 heavy (non-hydrogen) atoms. The number of rotatable bonds is 6. The highest BCUT2D eigenvalue weighted by molar-refractivity contribution is 7.90. The molecule has 8 heteroatoms. The van der Waals surface area contributed by atoms with Gasteiger partial charge in [-0.3, -0.25) is 0 Å². The summed E-state index contributed by atoms with van der Waals surface area (Å²) in [7, 11) is -7.54. The van der Waals surface area contributed by atoms with Crippen LogP contribution in [-0.2, 0) is 26.5 Å². The van der Waals surface area contributed by atoms with E-state index in [1.165, 1.54) is 24.3 Å². The Morgan fingerprint density at radius 2 is 1.52 bits per heavy atom. The van der Waals surface area contributed by atoms with Crippen molar-refractivity contribution in [3.05, 3.63) is 59.2 Å². The second-order valence-electron chi connectivity index (χ2n) is 7.29. The van der Waals surface area contributed by atoms with Crippen molar-refractivity contribution in [2.45, 2.75) is 54.5 Å². The number of aryl methyl sites for hydroxylation is 2. The fourth-order valence-corrected chi connectivity index (χ4v) is 6.14. The van der Waals surface area contributed by atoms with E-state index in [0.717, 1.165) is 36.0 Å². The van der Waals surface area contributed by atoms with Crippen molar-refractivity contribution in [3.8, 4) is 0 Å². The number of benzene rings is 2. The molecule has 2 aromatic carbocycles. The Kier molecular flexibility index (Phi) is 4.62. The van der Waals surface area contributed by atoms with Gasteiger partial charge in [0.15, 0.2) is 0 Å². The van der Waals surface area contributed by atoms with Gasteiger partial charge in [0.2, 0.25) is 20.0 Å². The Morgan fingerprint density at radius 1 is 0.852 bits per heavy atom. The van der Waals surface area contributed by atoms with Crippen molar-refractivity contribution in [1.29, 1.82) is 0 Å². The van der Waals surface area contributed by atoms with Gasteiger partial charge < -0.3 is 0 Å². The molecule has 1 saturated carbocycles. The normalized spacial score (nSPS) is 19.8. The number of nitrogens with one attached hydrogen (secondary N) is 2. The zero-order valence-electron chi connectivity index (χ0n) is 15.0. The molecule has 0 spiro atoms. The van der Waals surface area contributed by atoms with Crippen LogP contribution in [0.15, 0.2) is 52.3 Å². The lowest BCUT2D eigenvalue weighted by Crippen LogP contribution is -2.28. The fraction of sp³-hybridized carbons (Fsp3) is 0.368. The molecule has 2 aromatic rings. The molecular formula is C19H22N2O4S2. The van der Waals surface area contributed by atoms with Crippen LogP contribution in [0.5, 0.6) is 0 Å². The summed E-state index contributed by atoms with van der Waals surface area (Å²) in [5.74, 6) is 0. The molecule has 1 atom stereocenters.